The number of hydrogen-bond acceptors (Lipinski definition) is 1. The van der Waals surface area contributed by atoms with Crippen molar-refractivity contribution in [1.29, 1.82) is 0 Å². The second-order valence-corrected chi connectivity index (χ2v) is 5.14. The van der Waals surface area contributed by atoms with Crippen LogP contribution in [-0.4, -0.2) is 11.7 Å². The number of hydrogen-bond donors (Lipinski definition) is 1. The Hall–Kier alpha value is -1.38. The summed E-state index contributed by atoms with van der Waals surface area (Å²) in [6.07, 6.45) is 0.524. The molecule has 3 heteroatoms. The van der Waals surface area contributed by atoms with Gasteiger partial charge in [-0.05, 0) is 42.7 Å². The molecule has 2 rings (SSSR count). The second-order valence-electron chi connectivity index (χ2n) is 4.73. The Balaban J connectivity index is 2.23. The zero-order valence-electron chi connectivity index (χ0n) is 10.7. The Morgan fingerprint density at radius 3 is 2.47 bits per heavy atom. The first-order valence-corrected chi connectivity index (χ1v) is 6.59. The predicted molar refractivity (Wildman–Crippen MR) is 76.1 cm³/mol. The molecule has 0 aromatic heterocycles. The van der Waals surface area contributed by atoms with E-state index in [1.54, 1.807) is 6.07 Å². The van der Waals surface area contributed by atoms with Crippen molar-refractivity contribution in [2.24, 2.45) is 0 Å². The van der Waals surface area contributed by atoms with Crippen molar-refractivity contribution in [2.45, 2.75) is 19.3 Å². The molecule has 2 aromatic carbocycles. The third-order valence-corrected chi connectivity index (χ3v) is 3.61. The molecule has 0 saturated heterocycles. The van der Waals surface area contributed by atoms with E-state index >= 15 is 0 Å². The number of aryl methyl sites for hydroxylation is 1. The van der Waals surface area contributed by atoms with Gasteiger partial charge >= 0.3 is 0 Å². The Morgan fingerprint density at radius 2 is 1.84 bits per heavy atom. The highest BCUT2D eigenvalue weighted by molar-refractivity contribution is 6.31. The lowest BCUT2D eigenvalue weighted by atomic mass is 9.92. The van der Waals surface area contributed by atoms with Gasteiger partial charge in [0.25, 0.3) is 0 Å². The molecule has 0 radical (unpaired) electrons. The van der Waals surface area contributed by atoms with Gasteiger partial charge in [0.1, 0.15) is 5.82 Å². The highest BCUT2D eigenvalue weighted by atomic mass is 35.5. The zero-order chi connectivity index (χ0) is 13.8. The van der Waals surface area contributed by atoms with Crippen LogP contribution in [0.1, 0.15) is 22.6 Å². The van der Waals surface area contributed by atoms with Crippen molar-refractivity contribution in [2.75, 3.05) is 6.61 Å². The molecule has 1 N–H and O–H groups in total. The van der Waals surface area contributed by atoms with E-state index in [4.69, 9.17) is 11.6 Å². The number of rotatable bonds is 4. The van der Waals surface area contributed by atoms with Gasteiger partial charge in [0.15, 0.2) is 0 Å². The maximum atomic E-state index is 13.2. The molecule has 0 aliphatic carbocycles. The van der Waals surface area contributed by atoms with E-state index in [0.717, 1.165) is 11.1 Å². The molecule has 19 heavy (non-hydrogen) atoms. The SMILES string of the molecule is Cc1ccc(C(CO)Cc2cc(F)ccc2Cl)cc1. The van der Waals surface area contributed by atoms with E-state index in [1.807, 2.05) is 31.2 Å². The van der Waals surface area contributed by atoms with E-state index in [0.29, 0.717) is 11.4 Å². The van der Waals surface area contributed by atoms with Crippen molar-refractivity contribution in [3.63, 3.8) is 0 Å². The smallest absolute Gasteiger partial charge is 0.123 e. The van der Waals surface area contributed by atoms with Crippen LogP contribution in [0.25, 0.3) is 0 Å². The summed E-state index contributed by atoms with van der Waals surface area (Å²) in [6.45, 7) is 2.02. The van der Waals surface area contributed by atoms with Crippen LogP contribution in [0.15, 0.2) is 42.5 Å². The minimum atomic E-state index is -0.306. The van der Waals surface area contributed by atoms with E-state index in [-0.39, 0.29) is 18.3 Å². The van der Waals surface area contributed by atoms with E-state index in [1.165, 1.54) is 17.7 Å². The normalized spacial score (nSPS) is 12.4. The fourth-order valence-corrected chi connectivity index (χ4v) is 2.29. The molecule has 0 amide bonds. The van der Waals surface area contributed by atoms with Gasteiger partial charge in [-0.1, -0.05) is 41.4 Å². The molecule has 0 saturated carbocycles. The van der Waals surface area contributed by atoms with Gasteiger partial charge in [-0.25, -0.2) is 4.39 Å². The largest absolute Gasteiger partial charge is 0.396 e. The molecule has 0 spiro atoms. The number of aliphatic hydroxyl groups excluding tert-OH is 1. The first-order chi connectivity index (χ1) is 9.10. The summed E-state index contributed by atoms with van der Waals surface area (Å²) in [4.78, 5) is 0. The summed E-state index contributed by atoms with van der Waals surface area (Å²) in [5.41, 5.74) is 2.93. The van der Waals surface area contributed by atoms with Gasteiger partial charge in [0.05, 0.1) is 6.61 Å². The van der Waals surface area contributed by atoms with Crippen LogP contribution in [0.3, 0.4) is 0 Å². The third kappa shape index (κ3) is 3.55. The van der Waals surface area contributed by atoms with Crippen LogP contribution in [0, 0.1) is 12.7 Å². The second kappa shape index (κ2) is 6.18. The van der Waals surface area contributed by atoms with Gasteiger partial charge in [0, 0.05) is 10.9 Å². The molecule has 0 fully saturated rings. The Bertz CT molecular complexity index is 551. The molecule has 0 heterocycles. The maximum absolute atomic E-state index is 13.2. The molecule has 1 nitrogen and oxygen atoms in total. The lowest BCUT2D eigenvalue weighted by Crippen LogP contribution is -2.08. The van der Waals surface area contributed by atoms with Crippen molar-refractivity contribution in [3.05, 3.63) is 70.0 Å². The third-order valence-electron chi connectivity index (χ3n) is 3.24. The fourth-order valence-electron chi connectivity index (χ4n) is 2.09. The van der Waals surface area contributed by atoms with Gasteiger partial charge < -0.3 is 5.11 Å². The first-order valence-electron chi connectivity index (χ1n) is 6.21. The standard InChI is InChI=1S/C16H16ClFO/c1-11-2-4-12(5-3-11)14(10-19)8-13-9-15(18)6-7-16(13)17/h2-7,9,14,19H,8,10H2,1H3. The van der Waals surface area contributed by atoms with Gasteiger partial charge in [-0.2, -0.15) is 0 Å². The monoisotopic (exact) mass is 278 g/mol. The summed E-state index contributed by atoms with van der Waals surface area (Å²) in [6, 6.07) is 12.3. The minimum Gasteiger partial charge on any atom is -0.396 e. The van der Waals surface area contributed by atoms with E-state index < -0.39 is 0 Å². The molecular weight excluding hydrogens is 263 g/mol. The van der Waals surface area contributed by atoms with Gasteiger partial charge in [-0.3, -0.25) is 0 Å². The van der Waals surface area contributed by atoms with Crippen molar-refractivity contribution >= 4 is 11.6 Å². The van der Waals surface area contributed by atoms with Crippen molar-refractivity contribution < 1.29 is 9.50 Å². The van der Waals surface area contributed by atoms with E-state index in [2.05, 4.69) is 0 Å². The van der Waals surface area contributed by atoms with Crippen LogP contribution in [0.2, 0.25) is 5.02 Å². The van der Waals surface area contributed by atoms with Crippen LogP contribution < -0.4 is 0 Å². The van der Waals surface area contributed by atoms with Crippen molar-refractivity contribution in [3.8, 4) is 0 Å². The number of benzene rings is 2. The highest BCUT2D eigenvalue weighted by Crippen LogP contribution is 2.26. The van der Waals surface area contributed by atoms with Gasteiger partial charge in [-0.15, -0.1) is 0 Å². The van der Waals surface area contributed by atoms with Crippen molar-refractivity contribution in [1.82, 2.24) is 0 Å². The molecule has 0 aliphatic rings. The summed E-state index contributed by atoms with van der Waals surface area (Å²) in [5, 5.41) is 10.1. The maximum Gasteiger partial charge on any atom is 0.123 e. The molecule has 1 atom stereocenters. The number of aliphatic hydroxyl groups is 1. The fraction of sp³-hybridized carbons (Fsp3) is 0.250. The lowest BCUT2D eigenvalue weighted by molar-refractivity contribution is 0.264. The molecular formula is C16H16ClFO. The summed E-state index contributed by atoms with van der Waals surface area (Å²) >= 11 is 6.06. The van der Waals surface area contributed by atoms with Crippen LogP contribution in [0.5, 0.6) is 0 Å². The molecule has 100 valence electrons. The van der Waals surface area contributed by atoms with Crippen LogP contribution in [0.4, 0.5) is 4.39 Å². The van der Waals surface area contributed by atoms with Crippen LogP contribution in [-0.2, 0) is 6.42 Å². The molecule has 0 bridgehead atoms. The Morgan fingerprint density at radius 1 is 1.16 bits per heavy atom. The number of halogens is 2. The molecule has 2 aromatic rings. The lowest BCUT2D eigenvalue weighted by Gasteiger charge is -2.16. The minimum absolute atomic E-state index is 0.00982. The van der Waals surface area contributed by atoms with Crippen LogP contribution >= 0.6 is 11.6 Å². The summed E-state index contributed by atoms with van der Waals surface area (Å²) in [5.74, 6) is -0.375. The quantitative estimate of drug-likeness (QED) is 0.892. The van der Waals surface area contributed by atoms with Gasteiger partial charge in [0.2, 0.25) is 0 Å². The summed E-state index contributed by atoms with van der Waals surface area (Å²) < 4.78 is 13.2. The average Bonchev–Trinajstić information content (AvgIpc) is 2.41. The Kier molecular flexibility index (Phi) is 4.56. The molecule has 0 aliphatic heterocycles. The predicted octanol–water partition coefficient (Wildman–Crippen LogP) is 4.11. The molecule has 1 unspecified atom stereocenters. The van der Waals surface area contributed by atoms with E-state index in [9.17, 15) is 9.50 Å². The average molecular weight is 279 g/mol. The summed E-state index contributed by atoms with van der Waals surface area (Å²) in [7, 11) is 0. The zero-order valence-corrected chi connectivity index (χ0v) is 11.5. The first kappa shape index (κ1) is 14.0. The Labute approximate surface area is 117 Å². The highest BCUT2D eigenvalue weighted by Gasteiger charge is 2.13. The topological polar surface area (TPSA) is 20.2 Å².